The van der Waals surface area contributed by atoms with Gasteiger partial charge in [-0.1, -0.05) is 24.3 Å². The summed E-state index contributed by atoms with van der Waals surface area (Å²) >= 11 is 0. The largest absolute Gasteiger partial charge is 0.426 e. The summed E-state index contributed by atoms with van der Waals surface area (Å²) in [6.45, 7) is -0.244. The van der Waals surface area contributed by atoms with Crippen LogP contribution in [0.3, 0.4) is 0 Å². The number of fused-ring (bicyclic) bond motifs is 1. The van der Waals surface area contributed by atoms with E-state index in [4.69, 9.17) is 4.74 Å². The lowest BCUT2D eigenvalue weighted by molar-refractivity contribution is -0.142. The fourth-order valence-electron chi connectivity index (χ4n) is 2.57. The topological polar surface area (TPSA) is 81.2 Å². The number of benzene rings is 2. The highest BCUT2D eigenvalue weighted by Crippen LogP contribution is 2.35. The number of aromatic amines is 1. The highest BCUT2D eigenvalue weighted by molar-refractivity contribution is 5.80. The highest BCUT2D eigenvalue weighted by Gasteiger charge is 2.34. The Bertz CT molecular complexity index is 1120. The Morgan fingerprint density at radius 2 is 1.63 bits per heavy atom. The molecule has 0 radical (unpaired) electrons. The van der Waals surface area contributed by atoms with Crippen LogP contribution in [0.1, 0.15) is 12.0 Å². The van der Waals surface area contributed by atoms with E-state index in [-0.39, 0.29) is 17.3 Å². The quantitative estimate of drug-likeness (QED) is 0.559. The Morgan fingerprint density at radius 1 is 1.00 bits per heavy atom. The molecule has 3 aromatic rings. The SMILES string of the molecule is O=C(CCn1[nH]c(=O)c2ccccc2c1=O)Oc1ccccc1C(F)(F)F. The summed E-state index contributed by atoms with van der Waals surface area (Å²) in [5.41, 5.74) is -2.11. The van der Waals surface area contributed by atoms with Gasteiger partial charge in [-0.15, -0.1) is 0 Å². The highest BCUT2D eigenvalue weighted by atomic mass is 19.4. The van der Waals surface area contributed by atoms with Gasteiger partial charge >= 0.3 is 12.1 Å². The first-order chi connectivity index (χ1) is 12.8. The molecule has 0 saturated carbocycles. The smallest absolute Gasteiger partial charge is 0.419 e. The number of rotatable bonds is 4. The van der Waals surface area contributed by atoms with Crippen molar-refractivity contribution in [3.63, 3.8) is 0 Å². The number of para-hydroxylation sites is 1. The summed E-state index contributed by atoms with van der Waals surface area (Å²) in [7, 11) is 0. The summed E-state index contributed by atoms with van der Waals surface area (Å²) in [4.78, 5) is 36.2. The maximum absolute atomic E-state index is 12.9. The van der Waals surface area contributed by atoms with Crippen molar-refractivity contribution in [3.05, 3.63) is 74.8 Å². The number of nitrogens with zero attached hydrogens (tertiary/aromatic N) is 1. The van der Waals surface area contributed by atoms with Crippen LogP contribution in [0.2, 0.25) is 0 Å². The minimum absolute atomic E-state index is 0.178. The van der Waals surface area contributed by atoms with Crippen molar-refractivity contribution < 1.29 is 22.7 Å². The zero-order chi connectivity index (χ0) is 19.6. The second-order valence-corrected chi connectivity index (χ2v) is 5.66. The van der Waals surface area contributed by atoms with E-state index in [1.807, 2.05) is 0 Å². The molecule has 0 atom stereocenters. The van der Waals surface area contributed by atoms with E-state index in [0.717, 1.165) is 16.8 Å². The second-order valence-electron chi connectivity index (χ2n) is 5.66. The molecule has 1 heterocycles. The Morgan fingerprint density at radius 3 is 2.33 bits per heavy atom. The zero-order valence-electron chi connectivity index (χ0n) is 13.7. The Labute approximate surface area is 149 Å². The molecule has 0 aliphatic heterocycles. The molecule has 0 bridgehead atoms. The van der Waals surface area contributed by atoms with Crippen molar-refractivity contribution >= 4 is 16.7 Å². The van der Waals surface area contributed by atoms with Crippen LogP contribution < -0.4 is 15.9 Å². The van der Waals surface area contributed by atoms with Gasteiger partial charge in [0.15, 0.2) is 0 Å². The van der Waals surface area contributed by atoms with Crippen LogP contribution in [0.15, 0.2) is 58.1 Å². The molecule has 0 unspecified atom stereocenters. The number of aryl methyl sites for hydroxylation is 1. The molecule has 0 aliphatic rings. The molecule has 0 aliphatic carbocycles. The summed E-state index contributed by atoms with van der Waals surface area (Å²) in [5.74, 6) is -1.58. The minimum Gasteiger partial charge on any atom is -0.426 e. The normalized spacial score (nSPS) is 11.5. The van der Waals surface area contributed by atoms with Crippen molar-refractivity contribution in [3.8, 4) is 5.75 Å². The first-order valence-corrected chi connectivity index (χ1v) is 7.86. The third-order valence-electron chi connectivity index (χ3n) is 3.84. The van der Waals surface area contributed by atoms with Gasteiger partial charge in [0.1, 0.15) is 5.75 Å². The molecule has 140 valence electrons. The van der Waals surface area contributed by atoms with Gasteiger partial charge < -0.3 is 4.74 Å². The lowest BCUT2D eigenvalue weighted by Crippen LogP contribution is -2.31. The van der Waals surface area contributed by atoms with Gasteiger partial charge in [0.2, 0.25) is 0 Å². The van der Waals surface area contributed by atoms with Crippen LogP contribution >= 0.6 is 0 Å². The number of carbonyl (C=O) groups is 1. The molecule has 9 heteroatoms. The number of esters is 1. The predicted molar refractivity (Wildman–Crippen MR) is 90.5 cm³/mol. The second kappa shape index (κ2) is 7.10. The summed E-state index contributed by atoms with van der Waals surface area (Å²) in [5, 5.41) is 2.72. The third kappa shape index (κ3) is 3.91. The molecule has 0 spiro atoms. The summed E-state index contributed by atoms with van der Waals surface area (Å²) in [6, 6.07) is 10.5. The molecule has 2 aromatic carbocycles. The minimum atomic E-state index is -4.67. The number of alkyl halides is 3. The molecule has 3 rings (SSSR count). The molecule has 6 nitrogen and oxygen atoms in total. The lowest BCUT2D eigenvalue weighted by Gasteiger charge is -2.12. The first kappa shape index (κ1) is 18.4. The van der Waals surface area contributed by atoms with Crippen molar-refractivity contribution in [1.29, 1.82) is 0 Å². The Balaban J connectivity index is 1.78. The van der Waals surface area contributed by atoms with E-state index in [0.29, 0.717) is 0 Å². The van der Waals surface area contributed by atoms with E-state index in [1.54, 1.807) is 12.1 Å². The number of carbonyl (C=O) groups excluding carboxylic acids is 1. The van der Waals surface area contributed by atoms with Crippen LogP contribution in [-0.4, -0.2) is 15.7 Å². The molecular weight excluding hydrogens is 365 g/mol. The fourth-order valence-corrected chi connectivity index (χ4v) is 2.57. The van der Waals surface area contributed by atoms with Gasteiger partial charge in [-0.25, -0.2) is 4.68 Å². The van der Waals surface area contributed by atoms with E-state index < -0.39 is 41.0 Å². The van der Waals surface area contributed by atoms with Crippen molar-refractivity contribution in [2.24, 2.45) is 0 Å². The van der Waals surface area contributed by atoms with Gasteiger partial charge in [0, 0.05) is 0 Å². The fraction of sp³-hybridized carbons (Fsp3) is 0.167. The average molecular weight is 378 g/mol. The van der Waals surface area contributed by atoms with Crippen molar-refractivity contribution in [1.82, 2.24) is 9.78 Å². The van der Waals surface area contributed by atoms with E-state index in [1.165, 1.54) is 24.3 Å². The number of ether oxygens (including phenoxy) is 1. The predicted octanol–water partition coefficient (Wildman–Crippen LogP) is 2.70. The monoisotopic (exact) mass is 378 g/mol. The Kier molecular flexibility index (Phi) is 4.85. The van der Waals surface area contributed by atoms with E-state index in [9.17, 15) is 27.6 Å². The summed E-state index contributed by atoms with van der Waals surface area (Å²) in [6.07, 6.45) is -5.07. The number of hydrogen-bond donors (Lipinski definition) is 1. The van der Waals surface area contributed by atoms with E-state index in [2.05, 4.69) is 5.10 Å². The van der Waals surface area contributed by atoms with Gasteiger partial charge in [-0.05, 0) is 24.3 Å². The zero-order valence-corrected chi connectivity index (χ0v) is 13.7. The molecule has 27 heavy (non-hydrogen) atoms. The number of nitrogens with one attached hydrogen (secondary N) is 1. The summed E-state index contributed by atoms with van der Waals surface area (Å²) < 4.78 is 44.5. The maximum Gasteiger partial charge on any atom is 0.419 e. The van der Waals surface area contributed by atoms with Gasteiger partial charge in [0.25, 0.3) is 11.1 Å². The van der Waals surface area contributed by atoms with Crippen LogP contribution in [0.5, 0.6) is 5.75 Å². The third-order valence-corrected chi connectivity index (χ3v) is 3.84. The maximum atomic E-state index is 12.9. The molecule has 0 saturated heterocycles. The van der Waals surface area contributed by atoms with Gasteiger partial charge in [0.05, 0.1) is 29.3 Å². The lowest BCUT2D eigenvalue weighted by atomic mass is 10.2. The van der Waals surface area contributed by atoms with Crippen LogP contribution in [0.4, 0.5) is 13.2 Å². The molecule has 0 fully saturated rings. The number of H-pyrrole nitrogens is 1. The number of hydrogen-bond acceptors (Lipinski definition) is 4. The standard InChI is InChI=1S/C18H13F3N2O4/c19-18(20,21)13-7-3-4-8-14(13)27-15(24)9-10-23-17(26)12-6-2-1-5-11(12)16(25)22-23/h1-8H,9-10H2,(H,22,25). The molecular formula is C18H13F3N2O4. The van der Waals surface area contributed by atoms with Crippen LogP contribution in [0, 0.1) is 0 Å². The molecule has 1 N–H and O–H groups in total. The average Bonchev–Trinajstić information content (AvgIpc) is 2.63. The molecule has 1 aromatic heterocycles. The van der Waals surface area contributed by atoms with Crippen LogP contribution in [-0.2, 0) is 17.5 Å². The van der Waals surface area contributed by atoms with Gasteiger partial charge in [-0.3, -0.25) is 19.5 Å². The molecule has 0 amide bonds. The Hall–Kier alpha value is -3.36. The van der Waals surface area contributed by atoms with Crippen LogP contribution in [0.25, 0.3) is 10.8 Å². The number of halogens is 3. The van der Waals surface area contributed by atoms with Gasteiger partial charge in [-0.2, -0.15) is 13.2 Å². The number of aromatic nitrogens is 2. The van der Waals surface area contributed by atoms with Crippen molar-refractivity contribution in [2.75, 3.05) is 0 Å². The van der Waals surface area contributed by atoms with Crippen molar-refractivity contribution in [2.45, 2.75) is 19.1 Å². The first-order valence-electron chi connectivity index (χ1n) is 7.86. The van der Waals surface area contributed by atoms with E-state index >= 15 is 0 Å².